The number of aryl methyl sites for hydroxylation is 1. The van der Waals surface area contributed by atoms with E-state index in [9.17, 15) is 9.18 Å². The molecule has 168 valence electrons. The predicted molar refractivity (Wildman–Crippen MR) is 132 cm³/mol. The van der Waals surface area contributed by atoms with E-state index in [2.05, 4.69) is 5.32 Å². The molecular formula is C26H20Cl2FNO3. The van der Waals surface area contributed by atoms with Gasteiger partial charge in [-0.05, 0) is 61.4 Å². The first-order valence-electron chi connectivity index (χ1n) is 10.1. The summed E-state index contributed by atoms with van der Waals surface area (Å²) < 4.78 is 24.9. The minimum Gasteiger partial charge on any atom is -0.496 e. The molecule has 0 radical (unpaired) electrons. The van der Waals surface area contributed by atoms with Crippen LogP contribution in [-0.2, 0) is 4.79 Å². The van der Waals surface area contributed by atoms with Crippen LogP contribution in [0.1, 0.15) is 18.1 Å². The van der Waals surface area contributed by atoms with Crippen molar-refractivity contribution in [3.05, 3.63) is 87.9 Å². The number of allylic oxidation sites excluding steroid dienone is 1. The summed E-state index contributed by atoms with van der Waals surface area (Å²) in [6.07, 6.45) is 3.12. The highest BCUT2D eigenvalue weighted by molar-refractivity contribution is 6.36. The predicted octanol–water partition coefficient (Wildman–Crippen LogP) is 7.90. The van der Waals surface area contributed by atoms with E-state index in [1.54, 1.807) is 43.7 Å². The number of carbonyl (C=O) groups is 1. The molecule has 3 aromatic carbocycles. The first kappa shape index (κ1) is 22.9. The SMILES string of the molecule is COc1c(/C(C)=C/C(=O)Nc2ccc(Cl)cc2Cl)cc2c(-c3ccc(F)cc3)coc2c1C. The van der Waals surface area contributed by atoms with Crippen LogP contribution in [0.4, 0.5) is 10.1 Å². The fraction of sp³-hybridized carbons (Fsp3) is 0.115. The van der Waals surface area contributed by atoms with Crippen molar-refractivity contribution in [2.75, 3.05) is 12.4 Å². The fourth-order valence-corrected chi connectivity index (χ4v) is 4.21. The zero-order chi connectivity index (χ0) is 23.7. The highest BCUT2D eigenvalue weighted by Gasteiger charge is 2.19. The average molecular weight is 484 g/mol. The van der Waals surface area contributed by atoms with Crippen LogP contribution in [0, 0.1) is 12.7 Å². The molecule has 0 bridgehead atoms. The Morgan fingerprint density at radius 2 is 1.85 bits per heavy atom. The van der Waals surface area contributed by atoms with Crippen molar-refractivity contribution in [2.45, 2.75) is 13.8 Å². The molecule has 1 aromatic heterocycles. The molecule has 1 N–H and O–H groups in total. The molecule has 0 spiro atoms. The lowest BCUT2D eigenvalue weighted by atomic mass is 9.96. The Labute approximate surface area is 200 Å². The van der Waals surface area contributed by atoms with Crippen LogP contribution >= 0.6 is 23.2 Å². The summed E-state index contributed by atoms with van der Waals surface area (Å²) >= 11 is 12.1. The zero-order valence-corrected chi connectivity index (χ0v) is 19.6. The summed E-state index contributed by atoms with van der Waals surface area (Å²) in [6, 6.07) is 13.0. The number of ether oxygens (including phenoxy) is 1. The molecule has 4 nitrogen and oxygen atoms in total. The van der Waals surface area contributed by atoms with Gasteiger partial charge in [-0.25, -0.2) is 4.39 Å². The van der Waals surface area contributed by atoms with Crippen molar-refractivity contribution in [2.24, 2.45) is 0 Å². The maximum absolute atomic E-state index is 13.4. The number of rotatable bonds is 5. The van der Waals surface area contributed by atoms with E-state index in [1.807, 2.05) is 19.9 Å². The molecule has 0 saturated carbocycles. The van der Waals surface area contributed by atoms with Crippen LogP contribution in [0.15, 0.2) is 65.3 Å². The number of amides is 1. The maximum Gasteiger partial charge on any atom is 0.248 e. The van der Waals surface area contributed by atoms with Gasteiger partial charge in [-0.15, -0.1) is 0 Å². The first-order chi connectivity index (χ1) is 15.8. The standard InChI is InChI=1S/C26H20Cl2FNO3/c1-14(10-24(31)30-23-9-6-17(27)11-22(23)28)19-12-20-21(16-4-7-18(29)8-5-16)13-33-26(20)15(2)25(19)32-3/h4-13H,1-3H3,(H,30,31)/b14-10+. The summed E-state index contributed by atoms with van der Waals surface area (Å²) in [6.45, 7) is 3.72. The minimum atomic E-state index is -0.345. The van der Waals surface area contributed by atoms with Crippen molar-refractivity contribution in [1.29, 1.82) is 0 Å². The Morgan fingerprint density at radius 3 is 2.52 bits per heavy atom. The number of carbonyl (C=O) groups excluding carboxylic acids is 1. The van der Waals surface area contributed by atoms with Crippen molar-refractivity contribution < 1.29 is 18.3 Å². The molecule has 0 aliphatic heterocycles. The largest absolute Gasteiger partial charge is 0.496 e. The van der Waals surface area contributed by atoms with Gasteiger partial charge in [0.25, 0.3) is 0 Å². The summed E-state index contributed by atoms with van der Waals surface area (Å²) in [7, 11) is 1.57. The number of anilines is 1. The van der Waals surface area contributed by atoms with Crippen LogP contribution in [0.3, 0.4) is 0 Å². The Hall–Kier alpha value is -3.28. The normalized spacial score (nSPS) is 11.6. The Kier molecular flexibility index (Phi) is 6.45. The number of methoxy groups -OCH3 is 1. The molecule has 1 heterocycles. The van der Waals surface area contributed by atoms with Gasteiger partial charge in [0.15, 0.2) is 0 Å². The van der Waals surface area contributed by atoms with Crippen molar-refractivity contribution in [1.82, 2.24) is 0 Å². The molecule has 0 fully saturated rings. The van der Waals surface area contributed by atoms with E-state index in [1.165, 1.54) is 18.2 Å². The molecule has 0 atom stereocenters. The van der Waals surface area contributed by atoms with E-state index >= 15 is 0 Å². The number of furan rings is 1. The molecule has 33 heavy (non-hydrogen) atoms. The Bertz CT molecular complexity index is 1390. The van der Waals surface area contributed by atoms with Gasteiger partial charge < -0.3 is 14.5 Å². The van der Waals surface area contributed by atoms with E-state index in [4.69, 9.17) is 32.4 Å². The van der Waals surface area contributed by atoms with Gasteiger partial charge >= 0.3 is 0 Å². The third kappa shape index (κ3) is 4.61. The van der Waals surface area contributed by atoms with Crippen LogP contribution in [0.2, 0.25) is 10.0 Å². The number of nitrogens with one attached hydrogen (secondary N) is 1. The topological polar surface area (TPSA) is 51.5 Å². The Balaban J connectivity index is 1.75. The highest BCUT2D eigenvalue weighted by atomic mass is 35.5. The van der Waals surface area contributed by atoms with Crippen molar-refractivity contribution in [3.63, 3.8) is 0 Å². The van der Waals surface area contributed by atoms with E-state index in [0.717, 1.165) is 27.6 Å². The van der Waals surface area contributed by atoms with Gasteiger partial charge in [0, 0.05) is 33.2 Å². The third-order valence-electron chi connectivity index (χ3n) is 5.36. The smallest absolute Gasteiger partial charge is 0.248 e. The van der Waals surface area contributed by atoms with Crippen molar-refractivity contribution in [3.8, 4) is 16.9 Å². The van der Waals surface area contributed by atoms with Crippen molar-refractivity contribution >= 4 is 51.3 Å². The number of halogens is 3. The second-order valence-electron chi connectivity index (χ2n) is 7.56. The highest BCUT2D eigenvalue weighted by Crippen LogP contribution is 2.40. The summed E-state index contributed by atoms with van der Waals surface area (Å²) in [5.41, 5.74) is 4.99. The third-order valence-corrected chi connectivity index (χ3v) is 5.91. The van der Waals surface area contributed by atoms with Crippen LogP contribution in [0.5, 0.6) is 5.75 Å². The summed E-state index contributed by atoms with van der Waals surface area (Å²) in [4.78, 5) is 12.7. The van der Waals surface area contributed by atoms with Crippen LogP contribution in [-0.4, -0.2) is 13.0 Å². The Morgan fingerprint density at radius 1 is 1.12 bits per heavy atom. The lowest BCUT2D eigenvalue weighted by molar-refractivity contribution is -0.111. The quantitative estimate of drug-likeness (QED) is 0.293. The van der Waals surface area contributed by atoms with Gasteiger partial charge in [0.05, 0.1) is 24.1 Å². The monoisotopic (exact) mass is 483 g/mol. The van der Waals surface area contributed by atoms with Gasteiger partial charge in [-0.3, -0.25) is 4.79 Å². The zero-order valence-electron chi connectivity index (χ0n) is 18.1. The van der Waals surface area contributed by atoms with Crippen LogP contribution < -0.4 is 10.1 Å². The van der Waals surface area contributed by atoms with Gasteiger partial charge in [-0.1, -0.05) is 35.3 Å². The second-order valence-corrected chi connectivity index (χ2v) is 8.40. The molecule has 0 aliphatic carbocycles. The number of hydrogen-bond acceptors (Lipinski definition) is 3. The molecule has 1 amide bonds. The van der Waals surface area contributed by atoms with Crippen LogP contribution in [0.25, 0.3) is 27.7 Å². The number of benzene rings is 3. The number of hydrogen-bond donors (Lipinski definition) is 1. The molecule has 4 aromatic rings. The summed E-state index contributed by atoms with van der Waals surface area (Å²) in [5, 5.41) is 4.43. The lowest BCUT2D eigenvalue weighted by Crippen LogP contribution is -2.09. The van der Waals surface area contributed by atoms with Gasteiger partial charge in [-0.2, -0.15) is 0 Å². The molecular weight excluding hydrogens is 464 g/mol. The molecule has 0 unspecified atom stereocenters. The molecule has 0 saturated heterocycles. The maximum atomic E-state index is 13.4. The fourth-order valence-electron chi connectivity index (χ4n) is 3.76. The minimum absolute atomic E-state index is 0.310. The molecule has 0 aliphatic rings. The lowest BCUT2D eigenvalue weighted by Gasteiger charge is -2.13. The van der Waals surface area contributed by atoms with E-state index < -0.39 is 0 Å². The van der Waals surface area contributed by atoms with E-state index in [-0.39, 0.29) is 11.7 Å². The van der Waals surface area contributed by atoms with Gasteiger partial charge in [0.1, 0.15) is 17.1 Å². The average Bonchev–Trinajstić information content (AvgIpc) is 3.20. The molecule has 7 heteroatoms. The number of fused-ring (bicyclic) bond motifs is 1. The van der Waals surface area contributed by atoms with Gasteiger partial charge in [0.2, 0.25) is 5.91 Å². The molecule has 4 rings (SSSR count). The summed E-state index contributed by atoms with van der Waals surface area (Å²) in [5.74, 6) is -0.0493. The first-order valence-corrected chi connectivity index (χ1v) is 10.8. The van der Waals surface area contributed by atoms with E-state index in [0.29, 0.717) is 32.6 Å². The second kappa shape index (κ2) is 9.30.